The largest absolute Gasteiger partial charge is 0.329 e. The van der Waals surface area contributed by atoms with Crippen LogP contribution < -0.4 is 0 Å². The first kappa shape index (κ1) is 13.2. The normalized spacial score (nSPS) is 12.2. The summed E-state index contributed by atoms with van der Waals surface area (Å²) >= 11 is 0. The molecule has 0 radical (unpaired) electrons. The molecule has 2 aromatic rings. The van der Waals surface area contributed by atoms with Gasteiger partial charge in [-0.3, -0.25) is 4.57 Å². The van der Waals surface area contributed by atoms with Gasteiger partial charge in [0.2, 0.25) is 0 Å². The van der Waals surface area contributed by atoms with E-state index in [1.165, 1.54) is 34.3 Å². The number of hydrogen-bond donors (Lipinski definition) is 0. The van der Waals surface area contributed by atoms with Crippen molar-refractivity contribution in [1.29, 1.82) is 0 Å². The van der Waals surface area contributed by atoms with Crippen LogP contribution in [0.4, 0.5) is 13.6 Å². The van der Waals surface area contributed by atoms with E-state index in [1.807, 2.05) is 0 Å². The van der Waals surface area contributed by atoms with Gasteiger partial charge in [0, 0.05) is 19.4 Å². The number of rotatable bonds is 2. The third-order valence-corrected chi connectivity index (χ3v) is 3.03. The van der Waals surface area contributed by atoms with Gasteiger partial charge in [-0.25, -0.2) is 18.6 Å². The standard InChI is InChI=1S/C13H13F2N3O/c1-9(10-3-4-11(14)12(15)7-10)17(2)13(19)18-6-5-16-8-18/h3-9H,1-2H3. The summed E-state index contributed by atoms with van der Waals surface area (Å²) in [6, 6.07) is 2.93. The lowest BCUT2D eigenvalue weighted by molar-refractivity contribution is 0.196. The smallest absolute Gasteiger partial charge is 0.320 e. The maximum Gasteiger partial charge on any atom is 0.329 e. The minimum Gasteiger partial charge on any atom is -0.320 e. The number of nitrogens with zero attached hydrogens (tertiary/aromatic N) is 3. The molecule has 0 aliphatic carbocycles. The number of benzene rings is 1. The van der Waals surface area contributed by atoms with Gasteiger partial charge in [0.15, 0.2) is 11.6 Å². The molecule has 4 nitrogen and oxygen atoms in total. The zero-order valence-corrected chi connectivity index (χ0v) is 10.5. The second-order valence-corrected chi connectivity index (χ2v) is 4.21. The summed E-state index contributed by atoms with van der Waals surface area (Å²) in [7, 11) is 1.59. The Morgan fingerprint density at radius 1 is 1.37 bits per heavy atom. The summed E-state index contributed by atoms with van der Waals surface area (Å²) in [4.78, 5) is 17.3. The van der Waals surface area contributed by atoms with E-state index in [-0.39, 0.29) is 12.1 Å². The molecule has 0 aliphatic heterocycles. The molecule has 0 N–H and O–H groups in total. The molecule has 6 heteroatoms. The average molecular weight is 265 g/mol. The first-order chi connectivity index (χ1) is 9.00. The van der Waals surface area contributed by atoms with Crippen LogP contribution in [0.1, 0.15) is 18.5 Å². The van der Waals surface area contributed by atoms with E-state index in [9.17, 15) is 13.6 Å². The molecule has 0 saturated heterocycles. The molecule has 1 amide bonds. The summed E-state index contributed by atoms with van der Waals surface area (Å²) in [5.41, 5.74) is 0.523. The van der Waals surface area contributed by atoms with Crippen molar-refractivity contribution >= 4 is 6.03 Å². The molecule has 19 heavy (non-hydrogen) atoms. The van der Waals surface area contributed by atoms with Gasteiger partial charge in [0.25, 0.3) is 0 Å². The summed E-state index contributed by atoms with van der Waals surface area (Å²) in [5, 5.41) is 0. The minimum absolute atomic E-state index is 0.297. The SMILES string of the molecule is CC(c1ccc(F)c(F)c1)N(C)C(=O)n1ccnc1. The van der Waals surface area contributed by atoms with Gasteiger partial charge in [-0.05, 0) is 24.6 Å². The van der Waals surface area contributed by atoms with Gasteiger partial charge in [-0.1, -0.05) is 6.07 Å². The van der Waals surface area contributed by atoms with Crippen LogP contribution in [0, 0.1) is 11.6 Å². The van der Waals surface area contributed by atoms with Crippen LogP contribution in [-0.4, -0.2) is 27.5 Å². The van der Waals surface area contributed by atoms with Crippen LogP contribution in [0.2, 0.25) is 0 Å². The Labute approximate surface area is 109 Å². The number of aromatic nitrogens is 2. The highest BCUT2D eigenvalue weighted by atomic mass is 19.2. The van der Waals surface area contributed by atoms with Crippen molar-refractivity contribution in [1.82, 2.24) is 14.5 Å². The van der Waals surface area contributed by atoms with E-state index < -0.39 is 11.6 Å². The highest BCUT2D eigenvalue weighted by Crippen LogP contribution is 2.21. The predicted molar refractivity (Wildman–Crippen MR) is 65.6 cm³/mol. The second-order valence-electron chi connectivity index (χ2n) is 4.21. The van der Waals surface area contributed by atoms with Gasteiger partial charge in [-0.2, -0.15) is 0 Å². The Balaban J connectivity index is 2.21. The molecular formula is C13H13F2N3O. The number of carbonyl (C=O) groups is 1. The quantitative estimate of drug-likeness (QED) is 0.837. The Morgan fingerprint density at radius 3 is 2.68 bits per heavy atom. The van der Waals surface area contributed by atoms with E-state index in [0.717, 1.165) is 12.1 Å². The van der Waals surface area contributed by atoms with Crippen molar-refractivity contribution in [2.75, 3.05) is 7.05 Å². The maximum atomic E-state index is 13.2. The van der Waals surface area contributed by atoms with Crippen LogP contribution in [0.15, 0.2) is 36.9 Å². The highest BCUT2D eigenvalue weighted by molar-refractivity contribution is 5.76. The van der Waals surface area contributed by atoms with Gasteiger partial charge in [0.05, 0.1) is 6.04 Å². The lowest BCUT2D eigenvalue weighted by atomic mass is 10.1. The number of imidazole rings is 1. The maximum absolute atomic E-state index is 13.2. The van der Waals surface area contributed by atoms with Crippen molar-refractivity contribution in [2.45, 2.75) is 13.0 Å². The molecule has 1 unspecified atom stereocenters. The molecular weight excluding hydrogens is 252 g/mol. The zero-order valence-electron chi connectivity index (χ0n) is 10.5. The summed E-state index contributed by atoms with van der Waals surface area (Å²) in [5.74, 6) is -1.83. The predicted octanol–water partition coefficient (Wildman–Crippen LogP) is 2.82. The third-order valence-electron chi connectivity index (χ3n) is 3.03. The fraction of sp³-hybridized carbons (Fsp3) is 0.231. The Hall–Kier alpha value is -2.24. The monoisotopic (exact) mass is 265 g/mol. The molecule has 1 atom stereocenters. The molecule has 100 valence electrons. The van der Waals surface area contributed by atoms with Gasteiger partial charge < -0.3 is 4.90 Å². The van der Waals surface area contributed by atoms with Crippen molar-refractivity contribution in [3.05, 3.63) is 54.1 Å². The van der Waals surface area contributed by atoms with Crippen LogP contribution in [0.3, 0.4) is 0 Å². The Kier molecular flexibility index (Phi) is 3.59. The van der Waals surface area contributed by atoms with Gasteiger partial charge >= 0.3 is 6.03 Å². The topological polar surface area (TPSA) is 38.1 Å². The van der Waals surface area contributed by atoms with Crippen molar-refractivity contribution in [3.8, 4) is 0 Å². The molecule has 2 rings (SSSR count). The number of carbonyl (C=O) groups excluding carboxylic acids is 1. The zero-order chi connectivity index (χ0) is 14.0. The van der Waals surface area contributed by atoms with E-state index in [2.05, 4.69) is 4.98 Å². The van der Waals surface area contributed by atoms with E-state index in [0.29, 0.717) is 5.56 Å². The molecule has 1 heterocycles. The summed E-state index contributed by atoms with van der Waals surface area (Å²) in [6.45, 7) is 1.74. The molecule has 0 bridgehead atoms. The van der Waals surface area contributed by atoms with Crippen molar-refractivity contribution < 1.29 is 13.6 Å². The number of amides is 1. The summed E-state index contributed by atoms with van der Waals surface area (Å²) < 4.78 is 27.4. The molecule has 0 aliphatic rings. The van der Waals surface area contributed by atoms with Crippen LogP contribution in [-0.2, 0) is 0 Å². The third kappa shape index (κ3) is 2.62. The van der Waals surface area contributed by atoms with E-state index >= 15 is 0 Å². The number of hydrogen-bond acceptors (Lipinski definition) is 2. The van der Waals surface area contributed by atoms with E-state index in [1.54, 1.807) is 14.0 Å². The van der Waals surface area contributed by atoms with Crippen LogP contribution >= 0.6 is 0 Å². The van der Waals surface area contributed by atoms with Gasteiger partial charge in [0.1, 0.15) is 6.33 Å². The lowest BCUT2D eigenvalue weighted by Gasteiger charge is -2.25. The fourth-order valence-electron chi connectivity index (χ4n) is 1.72. The fourth-order valence-corrected chi connectivity index (χ4v) is 1.72. The Bertz CT molecular complexity index is 584. The Morgan fingerprint density at radius 2 is 2.11 bits per heavy atom. The molecule has 1 aromatic heterocycles. The van der Waals surface area contributed by atoms with E-state index in [4.69, 9.17) is 0 Å². The van der Waals surface area contributed by atoms with Crippen molar-refractivity contribution in [3.63, 3.8) is 0 Å². The average Bonchev–Trinajstić information content (AvgIpc) is 2.93. The lowest BCUT2D eigenvalue weighted by Crippen LogP contribution is -2.32. The second kappa shape index (κ2) is 5.17. The van der Waals surface area contributed by atoms with Crippen LogP contribution in [0.5, 0.6) is 0 Å². The highest BCUT2D eigenvalue weighted by Gasteiger charge is 2.19. The molecule has 0 saturated carbocycles. The van der Waals surface area contributed by atoms with Gasteiger partial charge in [-0.15, -0.1) is 0 Å². The first-order valence-electron chi connectivity index (χ1n) is 5.70. The molecule has 0 spiro atoms. The summed E-state index contributed by atoms with van der Waals surface area (Å²) in [6.07, 6.45) is 4.40. The molecule has 1 aromatic carbocycles. The first-order valence-corrected chi connectivity index (χ1v) is 5.70. The molecule has 0 fully saturated rings. The number of halogens is 2. The van der Waals surface area contributed by atoms with Crippen molar-refractivity contribution in [2.24, 2.45) is 0 Å². The minimum atomic E-state index is -0.923. The van der Waals surface area contributed by atoms with Crippen LogP contribution in [0.25, 0.3) is 0 Å².